The molecule has 0 bridgehead atoms. The molecule has 1 aromatic heterocycles. The molecule has 0 spiro atoms. The molecule has 2 aliphatic heterocycles. The van der Waals surface area contributed by atoms with E-state index in [4.69, 9.17) is 16.3 Å². The molecule has 4 aromatic rings. The number of aromatic nitrogens is 2. The van der Waals surface area contributed by atoms with Crippen molar-refractivity contribution in [3.8, 4) is 5.69 Å². The number of hydrogen-bond donors (Lipinski definition) is 1. The number of anilines is 1. The molecule has 1 unspecified atom stereocenters. The second kappa shape index (κ2) is 12.5. The zero-order chi connectivity index (χ0) is 29.2. The first-order valence-electron chi connectivity index (χ1n) is 14.2. The number of nitrogens with one attached hydrogen (secondary N) is 1. The van der Waals surface area contributed by atoms with Crippen molar-refractivity contribution in [2.75, 3.05) is 31.1 Å². The van der Waals surface area contributed by atoms with Crippen molar-refractivity contribution in [3.05, 3.63) is 115 Å². The van der Waals surface area contributed by atoms with Crippen molar-refractivity contribution >= 4 is 39.1 Å². The molecule has 0 radical (unpaired) electrons. The van der Waals surface area contributed by atoms with Crippen molar-refractivity contribution < 1.29 is 9.53 Å². The van der Waals surface area contributed by atoms with E-state index in [1.54, 1.807) is 9.13 Å². The van der Waals surface area contributed by atoms with Gasteiger partial charge in [-0.05, 0) is 70.4 Å². The largest absolute Gasteiger partial charge is 0.375 e. The number of fused-ring (bicyclic) bond motifs is 1. The Bertz CT molecular complexity index is 1640. The lowest BCUT2D eigenvalue weighted by Crippen LogP contribution is -2.41. The van der Waals surface area contributed by atoms with Gasteiger partial charge in [0.15, 0.2) is 0 Å². The summed E-state index contributed by atoms with van der Waals surface area (Å²) in [5, 5.41) is 3.72. The van der Waals surface area contributed by atoms with Crippen LogP contribution in [0, 0.1) is 0 Å². The number of carbonyl (C=O) groups excluding carboxylic acids is 1. The predicted molar refractivity (Wildman–Crippen MR) is 169 cm³/mol. The maximum absolute atomic E-state index is 13.9. The zero-order valence-electron chi connectivity index (χ0n) is 23.4. The van der Waals surface area contributed by atoms with Gasteiger partial charge in [0.2, 0.25) is 0 Å². The lowest BCUT2D eigenvalue weighted by atomic mass is 10.1. The van der Waals surface area contributed by atoms with E-state index in [0.29, 0.717) is 61.4 Å². The third-order valence-corrected chi connectivity index (χ3v) is 9.11. The Labute approximate surface area is 258 Å². The molecule has 1 amide bonds. The van der Waals surface area contributed by atoms with Gasteiger partial charge in [-0.2, -0.15) is 0 Å². The highest BCUT2D eigenvalue weighted by molar-refractivity contribution is 9.10. The molecule has 218 valence electrons. The molecule has 1 atom stereocenters. The number of rotatable bonds is 7. The molecule has 3 aromatic carbocycles. The minimum absolute atomic E-state index is 0.163. The summed E-state index contributed by atoms with van der Waals surface area (Å²) in [5.41, 5.74) is 4.69. The molecule has 1 saturated heterocycles. The van der Waals surface area contributed by atoms with Gasteiger partial charge in [0, 0.05) is 56.0 Å². The number of halogens is 2. The number of amides is 1. The van der Waals surface area contributed by atoms with Crippen LogP contribution in [0.1, 0.15) is 34.2 Å². The normalized spacial score (nSPS) is 17.2. The summed E-state index contributed by atoms with van der Waals surface area (Å²) in [6.45, 7) is 7.05. The van der Waals surface area contributed by atoms with Gasteiger partial charge in [0.05, 0.1) is 29.1 Å². The first-order chi connectivity index (χ1) is 20.4. The maximum atomic E-state index is 13.9. The molecular formula is C32H33BrClN5O3. The van der Waals surface area contributed by atoms with Crippen LogP contribution in [-0.4, -0.2) is 52.3 Å². The van der Waals surface area contributed by atoms with Crippen LogP contribution in [0.15, 0.2) is 82.1 Å². The number of ether oxygens (including phenoxy) is 1. The summed E-state index contributed by atoms with van der Waals surface area (Å²) in [7, 11) is 0. The van der Waals surface area contributed by atoms with Crippen LogP contribution in [0.4, 0.5) is 5.69 Å². The van der Waals surface area contributed by atoms with Crippen LogP contribution in [0.5, 0.6) is 0 Å². The van der Waals surface area contributed by atoms with Crippen LogP contribution in [-0.2, 0) is 30.9 Å². The van der Waals surface area contributed by atoms with E-state index in [9.17, 15) is 9.59 Å². The van der Waals surface area contributed by atoms with Gasteiger partial charge in [0.1, 0.15) is 5.69 Å². The van der Waals surface area contributed by atoms with Crippen LogP contribution in [0.3, 0.4) is 0 Å². The number of imidazole rings is 1. The topological polar surface area (TPSA) is 71.7 Å². The second-order valence-electron chi connectivity index (χ2n) is 10.8. The Morgan fingerprint density at radius 1 is 1.00 bits per heavy atom. The van der Waals surface area contributed by atoms with Crippen LogP contribution in [0.25, 0.3) is 5.69 Å². The van der Waals surface area contributed by atoms with E-state index >= 15 is 0 Å². The van der Waals surface area contributed by atoms with Gasteiger partial charge in [-0.25, -0.2) is 4.79 Å². The molecule has 1 N–H and O–H groups in total. The summed E-state index contributed by atoms with van der Waals surface area (Å²) in [5.74, 6) is -0.274. The Morgan fingerprint density at radius 2 is 1.76 bits per heavy atom. The average Bonchev–Trinajstić information content (AvgIpc) is 3.30. The number of carbonyl (C=O) groups is 1. The third kappa shape index (κ3) is 6.06. The molecule has 10 heteroatoms. The fourth-order valence-electron chi connectivity index (χ4n) is 5.74. The molecule has 6 rings (SSSR count). The highest BCUT2D eigenvalue weighted by Crippen LogP contribution is 2.27. The van der Waals surface area contributed by atoms with Gasteiger partial charge < -0.3 is 15.0 Å². The van der Waals surface area contributed by atoms with E-state index in [-0.39, 0.29) is 17.7 Å². The molecule has 3 heterocycles. The maximum Gasteiger partial charge on any atom is 0.333 e. The summed E-state index contributed by atoms with van der Waals surface area (Å²) in [6.07, 6.45) is 0.163. The van der Waals surface area contributed by atoms with E-state index in [2.05, 4.69) is 38.0 Å². The lowest BCUT2D eigenvalue weighted by molar-refractivity contribution is 0.0532. The first kappa shape index (κ1) is 28.7. The number of hydrogen-bond acceptors (Lipinski definition) is 5. The van der Waals surface area contributed by atoms with E-state index in [0.717, 1.165) is 34.4 Å². The van der Waals surface area contributed by atoms with Crippen molar-refractivity contribution in [2.45, 2.75) is 39.2 Å². The summed E-state index contributed by atoms with van der Waals surface area (Å²) >= 11 is 9.80. The SMILES string of the molecule is CC1CN(c2ccc(-n3c(C(=O)NCc4ccccc4)c4n(c3=O)CCN(Cc3ccc(Br)c(Cl)c3)C4)cc2)CCO1. The predicted octanol–water partition coefficient (Wildman–Crippen LogP) is 5.23. The number of nitrogens with zero attached hydrogens (tertiary/aromatic N) is 4. The van der Waals surface area contributed by atoms with Crippen molar-refractivity contribution in [2.24, 2.45) is 0 Å². The standard InChI is InChI=1S/C32H33BrClN5O3/c1-22-19-37(15-16-42-22)25-8-10-26(11-9-25)39-30(31(40)35-18-23-5-3-2-4-6-23)29-21-36(13-14-38(29)32(39)41)20-24-7-12-27(33)28(34)17-24/h2-12,17,22H,13-16,18-21H2,1H3,(H,35,40). The first-order valence-corrected chi connectivity index (χ1v) is 15.3. The summed E-state index contributed by atoms with van der Waals surface area (Å²) in [6, 6.07) is 23.6. The fraction of sp³-hybridized carbons (Fsp3) is 0.312. The van der Waals surface area contributed by atoms with Crippen LogP contribution in [0.2, 0.25) is 5.02 Å². The fourth-order valence-corrected chi connectivity index (χ4v) is 6.19. The summed E-state index contributed by atoms with van der Waals surface area (Å²) < 4.78 is 9.86. The van der Waals surface area contributed by atoms with Gasteiger partial charge in [-0.3, -0.25) is 18.8 Å². The molecular weight excluding hydrogens is 618 g/mol. The molecule has 42 heavy (non-hydrogen) atoms. The Morgan fingerprint density at radius 3 is 2.50 bits per heavy atom. The number of benzene rings is 3. The molecule has 0 aliphatic carbocycles. The third-order valence-electron chi connectivity index (χ3n) is 7.87. The van der Waals surface area contributed by atoms with E-state index < -0.39 is 0 Å². The number of morpholine rings is 1. The van der Waals surface area contributed by atoms with Gasteiger partial charge in [-0.15, -0.1) is 0 Å². The minimum atomic E-state index is -0.274. The minimum Gasteiger partial charge on any atom is -0.375 e. The van der Waals surface area contributed by atoms with E-state index in [1.165, 1.54) is 0 Å². The van der Waals surface area contributed by atoms with Crippen molar-refractivity contribution in [1.82, 2.24) is 19.4 Å². The van der Waals surface area contributed by atoms with Gasteiger partial charge in [0.25, 0.3) is 5.91 Å². The molecule has 8 nitrogen and oxygen atoms in total. The Hall–Kier alpha value is -3.37. The second-order valence-corrected chi connectivity index (χ2v) is 12.1. The van der Waals surface area contributed by atoms with Gasteiger partial charge >= 0.3 is 5.69 Å². The lowest BCUT2D eigenvalue weighted by Gasteiger charge is -2.33. The summed E-state index contributed by atoms with van der Waals surface area (Å²) in [4.78, 5) is 32.2. The highest BCUT2D eigenvalue weighted by Gasteiger charge is 2.30. The Balaban J connectivity index is 1.33. The average molecular weight is 651 g/mol. The Kier molecular flexibility index (Phi) is 8.53. The molecule has 0 saturated carbocycles. The highest BCUT2D eigenvalue weighted by atomic mass is 79.9. The van der Waals surface area contributed by atoms with Gasteiger partial charge in [-0.1, -0.05) is 48.0 Å². The van der Waals surface area contributed by atoms with Crippen molar-refractivity contribution in [1.29, 1.82) is 0 Å². The zero-order valence-corrected chi connectivity index (χ0v) is 25.8. The quantitative estimate of drug-likeness (QED) is 0.297. The molecule has 1 fully saturated rings. The smallest absolute Gasteiger partial charge is 0.333 e. The monoisotopic (exact) mass is 649 g/mol. The van der Waals surface area contributed by atoms with Crippen LogP contribution >= 0.6 is 27.5 Å². The van der Waals surface area contributed by atoms with Crippen molar-refractivity contribution in [3.63, 3.8) is 0 Å². The van der Waals surface area contributed by atoms with Crippen LogP contribution < -0.4 is 15.9 Å². The molecule has 2 aliphatic rings. The van der Waals surface area contributed by atoms with E-state index in [1.807, 2.05) is 72.8 Å².